The number of halogens is 3. The molecule has 1 amide bonds. The number of nitrogens with one attached hydrogen (secondary N) is 2. The van der Waals surface area contributed by atoms with Crippen molar-refractivity contribution in [3.63, 3.8) is 0 Å². The van der Waals surface area contributed by atoms with Gasteiger partial charge in [-0.3, -0.25) is 4.79 Å². The molecule has 2 aromatic heterocycles. The summed E-state index contributed by atoms with van der Waals surface area (Å²) < 4.78 is 52.5. The average Bonchev–Trinajstić information content (AvgIpc) is 3.00. The maximum absolute atomic E-state index is 14.3. The normalized spacial score (nSPS) is 16.5. The highest BCUT2D eigenvalue weighted by Gasteiger charge is 2.22. The number of carbonyl (C=O) groups is 1. The third kappa shape index (κ3) is 4.86. The van der Waals surface area contributed by atoms with Gasteiger partial charge in [-0.15, -0.1) is 0 Å². The predicted octanol–water partition coefficient (Wildman–Crippen LogP) is 4.40. The van der Waals surface area contributed by atoms with Crippen molar-refractivity contribution >= 4 is 23.1 Å². The molecule has 1 unspecified atom stereocenters. The molecule has 0 radical (unpaired) electrons. The quantitative estimate of drug-likeness (QED) is 0.605. The van der Waals surface area contributed by atoms with Crippen molar-refractivity contribution in [2.24, 2.45) is 0 Å². The van der Waals surface area contributed by atoms with Crippen LogP contribution in [0.15, 0.2) is 36.5 Å². The lowest BCUT2D eigenvalue weighted by Gasteiger charge is -2.16. The fraction of sp³-hybridized carbons (Fsp3) is 0.286. The first-order valence-corrected chi connectivity index (χ1v) is 10.5. The Morgan fingerprint density at radius 2 is 1.90 bits per heavy atom. The van der Waals surface area contributed by atoms with E-state index in [0.717, 1.165) is 68.1 Å². The van der Waals surface area contributed by atoms with E-state index in [0.29, 0.717) is 5.06 Å². The summed E-state index contributed by atoms with van der Waals surface area (Å²) in [5.41, 5.74) is -0.917. The predicted molar refractivity (Wildman–Crippen MR) is 111 cm³/mol. The lowest BCUT2D eigenvalue weighted by atomic mass is 10.1. The Morgan fingerprint density at radius 1 is 1.10 bits per heavy atom. The first-order chi connectivity index (χ1) is 15.0. The Kier molecular flexibility index (Phi) is 6.47. The number of amides is 1. The molecular formula is C21H19F3N4O2S. The van der Waals surface area contributed by atoms with E-state index < -0.39 is 34.6 Å². The first kappa shape index (κ1) is 21.3. The molecule has 2 N–H and O–H groups in total. The Balaban J connectivity index is 1.55. The largest absolute Gasteiger partial charge is 0.478 e. The highest BCUT2D eigenvalue weighted by atomic mass is 32.1. The van der Waals surface area contributed by atoms with Crippen LogP contribution in [0, 0.1) is 17.5 Å². The van der Waals surface area contributed by atoms with Crippen molar-refractivity contribution in [2.75, 3.05) is 18.4 Å². The highest BCUT2D eigenvalue weighted by molar-refractivity contribution is 7.08. The summed E-state index contributed by atoms with van der Waals surface area (Å²) in [6.45, 7) is 1.76. The fourth-order valence-electron chi connectivity index (χ4n) is 3.32. The number of hydrogen-bond donors (Lipinski definition) is 2. The van der Waals surface area contributed by atoms with E-state index in [1.165, 1.54) is 12.3 Å². The molecule has 162 valence electrons. The van der Waals surface area contributed by atoms with Crippen molar-refractivity contribution in [3.05, 3.63) is 59.7 Å². The summed E-state index contributed by atoms with van der Waals surface area (Å²) in [6, 6.07) is 5.40. The molecule has 1 saturated heterocycles. The van der Waals surface area contributed by atoms with E-state index in [9.17, 15) is 18.0 Å². The molecule has 1 atom stereocenters. The summed E-state index contributed by atoms with van der Waals surface area (Å²) in [5, 5.41) is 6.25. The summed E-state index contributed by atoms with van der Waals surface area (Å²) in [4.78, 5) is 16.6. The van der Waals surface area contributed by atoms with E-state index in [4.69, 9.17) is 4.74 Å². The number of carbonyl (C=O) groups excluding carboxylic acids is 1. The van der Waals surface area contributed by atoms with Crippen LogP contribution >= 0.6 is 11.5 Å². The zero-order chi connectivity index (χ0) is 21.8. The van der Waals surface area contributed by atoms with E-state index in [2.05, 4.69) is 20.0 Å². The van der Waals surface area contributed by atoms with Gasteiger partial charge in [0.15, 0.2) is 11.5 Å². The molecule has 0 aliphatic carbocycles. The molecule has 1 aliphatic rings. The van der Waals surface area contributed by atoms with Crippen LogP contribution in [0.4, 0.5) is 18.9 Å². The minimum atomic E-state index is -0.918. The fourth-order valence-corrected chi connectivity index (χ4v) is 3.95. The summed E-state index contributed by atoms with van der Waals surface area (Å²) in [6.07, 6.45) is 4.04. The molecule has 0 saturated carbocycles. The lowest BCUT2D eigenvalue weighted by molar-refractivity contribution is 0.101. The van der Waals surface area contributed by atoms with Gasteiger partial charge in [0, 0.05) is 11.5 Å². The Bertz CT molecular complexity index is 1060. The third-order valence-corrected chi connectivity index (χ3v) is 5.55. The van der Waals surface area contributed by atoms with Crippen LogP contribution in [0.5, 0.6) is 5.06 Å². The number of ether oxygens (including phenoxy) is 1. The molecule has 1 aliphatic heterocycles. The van der Waals surface area contributed by atoms with E-state index in [1.54, 1.807) is 0 Å². The number of anilines is 1. The molecule has 1 fully saturated rings. The van der Waals surface area contributed by atoms with Crippen molar-refractivity contribution in [3.8, 4) is 16.3 Å². The summed E-state index contributed by atoms with van der Waals surface area (Å²) >= 11 is 1.07. The van der Waals surface area contributed by atoms with Gasteiger partial charge in [0.1, 0.15) is 23.4 Å². The second-order valence-electron chi connectivity index (χ2n) is 7.03. The molecular weight excluding hydrogens is 429 g/mol. The molecule has 31 heavy (non-hydrogen) atoms. The van der Waals surface area contributed by atoms with Crippen molar-refractivity contribution in [2.45, 2.75) is 25.4 Å². The van der Waals surface area contributed by atoms with Crippen LogP contribution < -0.4 is 15.4 Å². The molecule has 0 bridgehead atoms. The van der Waals surface area contributed by atoms with Crippen LogP contribution in [-0.2, 0) is 0 Å². The van der Waals surface area contributed by atoms with Crippen LogP contribution in [0.3, 0.4) is 0 Å². The van der Waals surface area contributed by atoms with Gasteiger partial charge < -0.3 is 15.4 Å². The Labute approximate surface area is 180 Å². The van der Waals surface area contributed by atoms with Crippen LogP contribution in [0.1, 0.15) is 29.8 Å². The summed E-state index contributed by atoms with van der Waals surface area (Å²) in [5.74, 6) is -3.51. The number of pyridine rings is 1. The Hall–Kier alpha value is -2.98. The van der Waals surface area contributed by atoms with Crippen LogP contribution in [0.25, 0.3) is 11.3 Å². The van der Waals surface area contributed by atoms with Gasteiger partial charge in [0.25, 0.3) is 5.91 Å². The van der Waals surface area contributed by atoms with E-state index in [-0.39, 0.29) is 17.5 Å². The van der Waals surface area contributed by atoms with Crippen LogP contribution in [0.2, 0.25) is 0 Å². The van der Waals surface area contributed by atoms with Gasteiger partial charge in [-0.2, -0.15) is 4.37 Å². The topological polar surface area (TPSA) is 76.1 Å². The molecule has 0 spiro atoms. The summed E-state index contributed by atoms with van der Waals surface area (Å²) in [7, 11) is 0. The van der Waals surface area contributed by atoms with Gasteiger partial charge in [0.05, 0.1) is 17.5 Å². The molecule has 4 rings (SSSR count). The zero-order valence-corrected chi connectivity index (χ0v) is 17.1. The number of rotatable bonds is 5. The number of nitrogens with zero attached hydrogens (tertiary/aromatic N) is 2. The second-order valence-corrected chi connectivity index (χ2v) is 7.79. The van der Waals surface area contributed by atoms with E-state index >= 15 is 0 Å². The highest BCUT2D eigenvalue weighted by Crippen LogP contribution is 2.32. The second kappa shape index (κ2) is 9.44. The standard InChI is InChI=1S/C21H19F3N4O2S/c22-13-4-1-5-14(23)18(13)16-7-6-15(24)19(27-16)20(29)28-17-11-26-31-21(17)30-12-3-2-9-25-10-8-12/h1,4-7,11-12,25H,2-3,8-10H2,(H,28,29). The maximum Gasteiger partial charge on any atom is 0.277 e. The zero-order valence-electron chi connectivity index (χ0n) is 16.3. The van der Waals surface area contributed by atoms with Gasteiger partial charge in [-0.05, 0) is 56.6 Å². The molecule has 3 heterocycles. The number of hydrogen-bond acceptors (Lipinski definition) is 6. The average molecular weight is 448 g/mol. The van der Waals surface area contributed by atoms with Gasteiger partial charge >= 0.3 is 0 Å². The number of benzene rings is 1. The molecule has 3 aromatic rings. The van der Waals surface area contributed by atoms with Crippen molar-refractivity contribution < 1.29 is 22.7 Å². The molecule has 6 nitrogen and oxygen atoms in total. The third-order valence-electron chi connectivity index (χ3n) is 4.86. The Morgan fingerprint density at radius 3 is 2.71 bits per heavy atom. The lowest BCUT2D eigenvalue weighted by Crippen LogP contribution is -2.20. The minimum Gasteiger partial charge on any atom is -0.478 e. The van der Waals surface area contributed by atoms with Crippen LogP contribution in [-0.4, -0.2) is 34.5 Å². The maximum atomic E-state index is 14.3. The first-order valence-electron chi connectivity index (χ1n) is 9.77. The van der Waals surface area contributed by atoms with Gasteiger partial charge in [-0.1, -0.05) is 6.07 Å². The minimum absolute atomic E-state index is 0.0201. The van der Waals surface area contributed by atoms with Gasteiger partial charge in [-0.25, -0.2) is 18.2 Å². The SMILES string of the molecule is O=C(Nc1cnsc1OC1CCCNCC1)c1nc(-c2c(F)cccc2F)ccc1F. The van der Waals surface area contributed by atoms with Crippen molar-refractivity contribution in [1.29, 1.82) is 0 Å². The van der Waals surface area contributed by atoms with E-state index in [1.807, 2.05) is 0 Å². The van der Waals surface area contributed by atoms with Crippen molar-refractivity contribution in [1.82, 2.24) is 14.7 Å². The smallest absolute Gasteiger partial charge is 0.277 e. The molecule has 10 heteroatoms. The monoisotopic (exact) mass is 448 g/mol. The van der Waals surface area contributed by atoms with Gasteiger partial charge in [0.2, 0.25) is 5.06 Å². The number of aromatic nitrogens is 2. The molecule has 1 aromatic carbocycles.